The SMILES string of the molecule is OC[C@H]1O[C@@H](O[C@H]2[C@H](O)[C@@H](O)[C@H](O[C@H]3[C@H](O)[C@@H](O)[C@H](O[C@H]4[C@H](O)[C@@H](O)[C@H](O[C@H]5[C@H](O)[C@@H](O)C(O)O[C@@H]5CO)O[C@@H]4CO)O[C@@H]3CO[C@H]3OC[C@@H](O)[C@H](O)[C@H]3O)O[C@@H]2CO)[C@H](O)[C@@H](O)[C@@H]1O. The van der Waals surface area contributed by atoms with Crippen molar-refractivity contribution in [3.63, 3.8) is 0 Å². The van der Waals surface area contributed by atoms with E-state index in [1.807, 2.05) is 0 Å². The predicted octanol–water partition coefficient (Wildman–Crippen LogP) is -13.5. The van der Waals surface area contributed by atoms with E-state index in [4.69, 9.17) is 52.1 Å². The summed E-state index contributed by atoms with van der Waals surface area (Å²) in [5.74, 6) is 0. The van der Waals surface area contributed by atoms with Crippen molar-refractivity contribution in [2.75, 3.05) is 39.6 Å². The van der Waals surface area contributed by atoms with Gasteiger partial charge < -0.3 is 149 Å². The Morgan fingerprint density at radius 1 is 0.323 bits per heavy atom. The van der Waals surface area contributed by atoms with Crippen molar-refractivity contribution in [3.8, 4) is 0 Å². The molecular weight excluding hydrogens is 900 g/mol. The van der Waals surface area contributed by atoms with Crippen LogP contribution in [0.3, 0.4) is 0 Å². The molecule has 6 heterocycles. The largest absolute Gasteiger partial charge is 0.394 e. The van der Waals surface area contributed by atoms with Crippen LogP contribution in [0, 0.1) is 0 Å². The molecule has 1 unspecified atom stereocenters. The molecule has 0 aromatic carbocycles. The van der Waals surface area contributed by atoms with Crippen LogP contribution in [-0.2, 0) is 52.1 Å². The molecule has 65 heavy (non-hydrogen) atoms. The monoisotopic (exact) mass is 960 g/mol. The summed E-state index contributed by atoms with van der Waals surface area (Å²) < 4.78 is 60.9. The molecule has 29 atom stereocenters. The molecule has 19 N–H and O–H groups in total. The minimum Gasteiger partial charge on any atom is -0.394 e. The van der Waals surface area contributed by atoms with Crippen molar-refractivity contribution in [1.82, 2.24) is 0 Å². The Morgan fingerprint density at radius 3 is 1.09 bits per heavy atom. The zero-order chi connectivity index (χ0) is 47.8. The molecule has 0 amide bonds. The summed E-state index contributed by atoms with van der Waals surface area (Å²) >= 11 is 0. The maximum absolute atomic E-state index is 11.5. The number of ether oxygens (including phenoxy) is 11. The highest BCUT2D eigenvalue weighted by Crippen LogP contribution is 2.36. The summed E-state index contributed by atoms with van der Waals surface area (Å²) in [7, 11) is 0. The molecule has 6 rings (SSSR count). The van der Waals surface area contributed by atoms with Gasteiger partial charge in [0.2, 0.25) is 0 Å². The molecule has 0 radical (unpaired) electrons. The van der Waals surface area contributed by atoms with E-state index in [0.717, 1.165) is 0 Å². The standard InChI is InChI=1S/C35H60O30/c36-1-8-14(42)15(43)22(50)32(58-8)63-27-10(3-38)60-34(24(52)18(27)46)65-29-12(6-56-31-21(49)13(41)7(40)5-55-31)61-35(25(53)19(29)47)64-28-11(4-39)59-33(23(51)17(28)45)62-26-9(2-37)57-30(54)20(48)16(26)44/h7-54H,1-6H2/t7-,8-,9-,10-,11-,12-,13+,14-,15+,16-,17-,18-,19-,20-,21-,22-,23-,24-,25-,26-,27-,28-,29-,30?,31-,32+,33+,34+,35+/m1/s1. The zero-order valence-electron chi connectivity index (χ0n) is 34.0. The lowest BCUT2D eigenvalue weighted by Crippen LogP contribution is -2.68. The molecule has 380 valence electrons. The summed E-state index contributed by atoms with van der Waals surface area (Å²) in [4.78, 5) is 0. The number of hydrogen-bond donors (Lipinski definition) is 19. The minimum absolute atomic E-state index is 0.526. The van der Waals surface area contributed by atoms with Crippen molar-refractivity contribution in [3.05, 3.63) is 0 Å². The third-order valence-corrected chi connectivity index (χ3v) is 12.0. The van der Waals surface area contributed by atoms with Crippen molar-refractivity contribution in [2.24, 2.45) is 0 Å². The van der Waals surface area contributed by atoms with Crippen LogP contribution in [0.1, 0.15) is 0 Å². The molecular formula is C35H60O30. The van der Waals surface area contributed by atoms with E-state index in [0.29, 0.717) is 0 Å². The highest BCUT2D eigenvalue weighted by atomic mass is 16.8. The second-order valence-corrected chi connectivity index (χ2v) is 16.3. The van der Waals surface area contributed by atoms with Crippen LogP contribution in [0.25, 0.3) is 0 Å². The average Bonchev–Trinajstić information content (AvgIpc) is 3.29. The topological polar surface area (TPSA) is 486 Å². The summed E-state index contributed by atoms with van der Waals surface area (Å²) in [6.07, 6.45) is -54.5. The number of aliphatic hydroxyl groups is 19. The van der Waals surface area contributed by atoms with Crippen LogP contribution in [0.15, 0.2) is 0 Å². The maximum atomic E-state index is 11.5. The number of rotatable bonds is 15. The van der Waals surface area contributed by atoms with Gasteiger partial charge >= 0.3 is 0 Å². The van der Waals surface area contributed by atoms with Gasteiger partial charge in [-0.1, -0.05) is 0 Å². The fourth-order valence-corrected chi connectivity index (χ4v) is 8.14. The Hall–Kier alpha value is -1.20. The lowest BCUT2D eigenvalue weighted by atomic mass is 9.95. The Kier molecular flexibility index (Phi) is 18.6. The van der Waals surface area contributed by atoms with Crippen molar-refractivity contribution in [2.45, 2.75) is 178 Å². The van der Waals surface area contributed by atoms with Gasteiger partial charge in [0.25, 0.3) is 0 Å². The van der Waals surface area contributed by atoms with Gasteiger partial charge in [-0.25, -0.2) is 0 Å². The van der Waals surface area contributed by atoms with Crippen LogP contribution in [0.4, 0.5) is 0 Å². The van der Waals surface area contributed by atoms with Gasteiger partial charge in [-0.05, 0) is 0 Å². The summed E-state index contributed by atoms with van der Waals surface area (Å²) in [5.41, 5.74) is 0. The molecule has 6 aliphatic heterocycles. The summed E-state index contributed by atoms with van der Waals surface area (Å²) in [5, 5.41) is 199. The first-order valence-corrected chi connectivity index (χ1v) is 20.5. The highest BCUT2D eigenvalue weighted by molar-refractivity contribution is 4.99. The Bertz CT molecular complexity index is 1450. The minimum atomic E-state index is -2.23. The first kappa shape index (κ1) is 53.2. The molecule has 6 fully saturated rings. The molecule has 0 aromatic heterocycles. The molecule has 6 aliphatic rings. The van der Waals surface area contributed by atoms with Crippen LogP contribution in [0.5, 0.6) is 0 Å². The molecule has 30 heteroatoms. The maximum Gasteiger partial charge on any atom is 0.187 e. The highest BCUT2D eigenvalue weighted by Gasteiger charge is 2.57. The number of aliphatic hydroxyl groups excluding tert-OH is 19. The summed E-state index contributed by atoms with van der Waals surface area (Å²) in [6, 6.07) is 0. The van der Waals surface area contributed by atoms with E-state index in [1.165, 1.54) is 0 Å². The van der Waals surface area contributed by atoms with Crippen LogP contribution < -0.4 is 0 Å². The molecule has 30 nitrogen and oxygen atoms in total. The second kappa shape index (κ2) is 22.7. The van der Waals surface area contributed by atoms with Gasteiger partial charge in [-0.15, -0.1) is 0 Å². The average molecular weight is 961 g/mol. The first-order valence-electron chi connectivity index (χ1n) is 20.5. The van der Waals surface area contributed by atoms with Crippen molar-refractivity contribution < 1.29 is 149 Å². The Labute approximate surface area is 366 Å². The smallest absolute Gasteiger partial charge is 0.187 e. The molecule has 0 bridgehead atoms. The molecule has 0 aliphatic carbocycles. The quantitative estimate of drug-likeness (QED) is 0.0724. The van der Waals surface area contributed by atoms with E-state index < -0.39 is 218 Å². The fourth-order valence-electron chi connectivity index (χ4n) is 8.14. The predicted molar refractivity (Wildman–Crippen MR) is 193 cm³/mol. The van der Waals surface area contributed by atoms with Crippen LogP contribution >= 0.6 is 0 Å². The lowest BCUT2D eigenvalue weighted by molar-refractivity contribution is -0.395. The van der Waals surface area contributed by atoms with Crippen LogP contribution in [-0.4, -0.2) is 315 Å². The van der Waals surface area contributed by atoms with E-state index in [1.54, 1.807) is 0 Å². The second-order valence-electron chi connectivity index (χ2n) is 16.3. The van der Waals surface area contributed by atoms with E-state index in [2.05, 4.69) is 0 Å². The molecule has 0 saturated carbocycles. The molecule has 0 spiro atoms. The van der Waals surface area contributed by atoms with Gasteiger partial charge in [-0.2, -0.15) is 0 Å². The normalized spacial score (nSPS) is 53.5. The van der Waals surface area contributed by atoms with Gasteiger partial charge in [0.05, 0.1) is 39.6 Å². The zero-order valence-corrected chi connectivity index (χ0v) is 34.0. The molecule has 6 saturated heterocycles. The lowest BCUT2D eigenvalue weighted by Gasteiger charge is -2.49. The van der Waals surface area contributed by atoms with Gasteiger partial charge in [0, 0.05) is 0 Å². The van der Waals surface area contributed by atoms with Crippen LogP contribution in [0.2, 0.25) is 0 Å². The number of hydrogen-bond acceptors (Lipinski definition) is 30. The van der Waals surface area contributed by atoms with Gasteiger partial charge in [0.15, 0.2) is 37.7 Å². The van der Waals surface area contributed by atoms with Crippen molar-refractivity contribution in [1.29, 1.82) is 0 Å². The van der Waals surface area contributed by atoms with Gasteiger partial charge in [0.1, 0.15) is 140 Å². The molecule has 0 aromatic rings. The Morgan fingerprint density at radius 2 is 0.662 bits per heavy atom. The van der Waals surface area contributed by atoms with Crippen molar-refractivity contribution >= 4 is 0 Å². The third-order valence-electron chi connectivity index (χ3n) is 12.0. The van der Waals surface area contributed by atoms with E-state index >= 15 is 0 Å². The third kappa shape index (κ3) is 11.1. The van der Waals surface area contributed by atoms with Gasteiger partial charge in [-0.3, -0.25) is 0 Å². The first-order chi connectivity index (χ1) is 30.8. The Balaban J connectivity index is 1.18. The van der Waals surface area contributed by atoms with E-state index in [9.17, 15) is 97.0 Å². The fraction of sp³-hybridized carbons (Fsp3) is 1.00. The van der Waals surface area contributed by atoms with E-state index in [-0.39, 0.29) is 0 Å². The summed E-state index contributed by atoms with van der Waals surface area (Å²) in [6.45, 7) is -5.08.